The van der Waals surface area contributed by atoms with E-state index in [-0.39, 0.29) is 12.0 Å². The average Bonchev–Trinajstić information content (AvgIpc) is 3.00. The van der Waals surface area contributed by atoms with Crippen molar-refractivity contribution < 1.29 is 24.5 Å². The first-order chi connectivity index (χ1) is 14.2. The first kappa shape index (κ1) is 21.9. The van der Waals surface area contributed by atoms with Gasteiger partial charge in [-0.05, 0) is 52.8 Å². The van der Waals surface area contributed by atoms with Crippen molar-refractivity contribution in [2.45, 2.75) is 51.4 Å². The summed E-state index contributed by atoms with van der Waals surface area (Å²) in [5.74, 6) is 1.13. The van der Waals surface area contributed by atoms with E-state index in [9.17, 15) is 15.0 Å². The third-order valence-corrected chi connectivity index (χ3v) is 5.46. The Morgan fingerprint density at radius 2 is 1.90 bits per heavy atom. The van der Waals surface area contributed by atoms with E-state index in [4.69, 9.17) is 9.47 Å². The van der Waals surface area contributed by atoms with Crippen molar-refractivity contribution in [2.75, 3.05) is 19.5 Å². The number of nitrogens with one attached hydrogen (secondary N) is 2. The molecule has 30 heavy (non-hydrogen) atoms. The Labute approximate surface area is 177 Å². The summed E-state index contributed by atoms with van der Waals surface area (Å²) in [7, 11) is 3.09. The number of methoxy groups -OCH3 is 2. The molecule has 0 bridgehead atoms. The number of urea groups is 1. The summed E-state index contributed by atoms with van der Waals surface area (Å²) in [6.07, 6.45) is -0.296. The number of anilines is 1. The Kier molecular flexibility index (Phi) is 6.24. The normalized spacial score (nSPS) is 18.0. The molecule has 0 radical (unpaired) electrons. The van der Waals surface area contributed by atoms with Gasteiger partial charge in [0.2, 0.25) is 0 Å². The Balaban J connectivity index is 1.79. The van der Waals surface area contributed by atoms with Crippen molar-refractivity contribution in [2.24, 2.45) is 0 Å². The van der Waals surface area contributed by atoms with Crippen molar-refractivity contribution in [3.63, 3.8) is 0 Å². The first-order valence-corrected chi connectivity index (χ1v) is 9.92. The van der Waals surface area contributed by atoms with E-state index in [2.05, 4.69) is 31.4 Å². The van der Waals surface area contributed by atoms with Crippen molar-refractivity contribution >= 4 is 11.7 Å². The zero-order valence-corrected chi connectivity index (χ0v) is 18.1. The van der Waals surface area contributed by atoms with E-state index in [1.807, 2.05) is 24.3 Å². The van der Waals surface area contributed by atoms with Gasteiger partial charge in [0.25, 0.3) is 0 Å². The van der Waals surface area contributed by atoms with Crippen molar-refractivity contribution in [3.8, 4) is 11.5 Å². The van der Waals surface area contributed by atoms with Gasteiger partial charge >= 0.3 is 6.03 Å². The Hall–Kier alpha value is -2.77. The molecule has 0 aromatic heterocycles. The highest BCUT2D eigenvalue weighted by atomic mass is 16.5. The number of carbonyl (C=O) groups excluding carboxylic acids is 1. The number of fused-ring (bicyclic) bond motifs is 1. The van der Waals surface area contributed by atoms with Crippen LogP contribution in [0.1, 0.15) is 49.1 Å². The molecule has 1 aliphatic rings. The largest absolute Gasteiger partial charge is 0.497 e. The van der Waals surface area contributed by atoms with Crippen LogP contribution in [0.3, 0.4) is 0 Å². The second-order valence-corrected chi connectivity index (χ2v) is 8.54. The lowest BCUT2D eigenvalue weighted by molar-refractivity contribution is 0.145. The molecule has 3 rings (SSSR count). The third kappa shape index (κ3) is 4.37. The second kappa shape index (κ2) is 8.53. The maximum atomic E-state index is 12.7. The van der Waals surface area contributed by atoms with E-state index in [1.54, 1.807) is 13.2 Å². The highest BCUT2D eigenvalue weighted by molar-refractivity contribution is 5.92. The Morgan fingerprint density at radius 1 is 1.17 bits per heavy atom. The molecule has 0 saturated carbocycles. The molecule has 7 nitrogen and oxygen atoms in total. The number of benzene rings is 2. The van der Waals surface area contributed by atoms with Gasteiger partial charge in [-0.1, -0.05) is 26.8 Å². The SMILES string of the molecule is COc1ccc2c(c1)CC(NC(=O)Nc1cc(C(C)(C)C)cc(CO)c1OC)C2O. The van der Waals surface area contributed by atoms with E-state index in [0.29, 0.717) is 29.2 Å². The van der Waals surface area contributed by atoms with Crippen LogP contribution in [-0.2, 0) is 18.4 Å². The van der Waals surface area contributed by atoms with Gasteiger partial charge in [-0.3, -0.25) is 0 Å². The maximum Gasteiger partial charge on any atom is 0.319 e. The highest BCUT2D eigenvalue weighted by Crippen LogP contribution is 2.36. The van der Waals surface area contributed by atoms with Gasteiger partial charge in [0.1, 0.15) is 11.5 Å². The standard InChI is InChI=1S/C23H30N2O5/c1-23(2,3)15-8-14(12-26)21(30-5)19(11-15)25-22(28)24-18-10-13-9-16(29-4)6-7-17(13)20(18)27/h6-9,11,18,20,26-27H,10,12H2,1-5H3,(H2,24,25,28). The Bertz CT molecular complexity index is 936. The lowest BCUT2D eigenvalue weighted by Gasteiger charge is -2.24. The zero-order chi connectivity index (χ0) is 22.1. The van der Waals surface area contributed by atoms with Crippen LogP contribution in [-0.4, -0.2) is 36.5 Å². The summed E-state index contributed by atoms with van der Waals surface area (Å²) in [4.78, 5) is 12.7. The molecule has 2 atom stereocenters. The number of ether oxygens (including phenoxy) is 2. The van der Waals surface area contributed by atoms with Gasteiger partial charge in [0.15, 0.2) is 0 Å². The van der Waals surface area contributed by atoms with Gasteiger partial charge in [0.05, 0.1) is 38.7 Å². The summed E-state index contributed by atoms with van der Waals surface area (Å²) < 4.78 is 10.7. The Morgan fingerprint density at radius 3 is 2.50 bits per heavy atom. The lowest BCUT2D eigenvalue weighted by atomic mass is 9.85. The maximum absolute atomic E-state index is 12.7. The summed E-state index contributed by atoms with van der Waals surface area (Å²) in [5, 5.41) is 26.0. The number of aliphatic hydroxyl groups is 2. The average molecular weight is 415 g/mol. The van der Waals surface area contributed by atoms with Gasteiger partial charge in [-0.2, -0.15) is 0 Å². The number of aliphatic hydroxyl groups excluding tert-OH is 2. The first-order valence-electron chi connectivity index (χ1n) is 9.92. The fraction of sp³-hybridized carbons (Fsp3) is 0.435. The van der Waals surface area contributed by atoms with Gasteiger partial charge in [-0.25, -0.2) is 4.79 Å². The molecule has 2 aromatic rings. The molecule has 2 amide bonds. The topological polar surface area (TPSA) is 100 Å². The molecule has 0 spiro atoms. The predicted octanol–water partition coefficient (Wildman–Crippen LogP) is 3.27. The number of amides is 2. The van der Waals surface area contributed by atoms with E-state index < -0.39 is 18.2 Å². The van der Waals surface area contributed by atoms with Gasteiger partial charge < -0.3 is 30.3 Å². The summed E-state index contributed by atoms with van der Waals surface area (Å²) in [6, 6.07) is 8.32. The molecule has 162 valence electrons. The summed E-state index contributed by atoms with van der Waals surface area (Å²) >= 11 is 0. The lowest BCUT2D eigenvalue weighted by Crippen LogP contribution is -2.40. The molecule has 0 saturated heterocycles. The van der Waals surface area contributed by atoms with Crippen LogP contribution in [0.15, 0.2) is 30.3 Å². The summed E-state index contributed by atoms with van der Waals surface area (Å²) in [6.45, 7) is 5.96. The fourth-order valence-electron chi connectivity index (χ4n) is 3.77. The van der Waals surface area contributed by atoms with Crippen molar-refractivity contribution in [1.82, 2.24) is 5.32 Å². The number of carbonyl (C=O) groups is 1. The molecule has 0 fully saturated rings. The molecule has 7 heteroatoms. The summed E-state index contributed by atoms with van der Waals surface area (Å²) in [5.41, 5.74) is 3.59. The highest BCUT2D eigenvalue weighted by Gasteiger charge is 2.32. The van der Waals surface area contributed by atoms with Crippen LogP contribution < -0.4 is 20.1 Å². The van der Waals surface area contributed by atoms with Crippen LogP contribution in [0.25, 0.3) is 0 Å². The molecule has 1 aliphatic carbocycles. The van der Waals surface area contributed by atoms with Crippen LogP contribution in [0.2, 0.25) is 0 Å². The van der Waals surface area contributed by atoms with Crippen LogP contribution >= 0.6 is 0 Å². The quantitative estimate of drug-likeness (QED) is 0.602. The smallest absolute Gasteiger partial charge is 0.319 e. The van der Waals surface area contributed by atoms with E-state index in [1.165, 1.54) is 7.11 Å². The van der Waals surface area contributed by atoms with Gasteiger partial charge in [0, 0.05) is 5.56 Å². The molecule has 4 N–H and O–H groups in total. The minimum absolute atomic E-state index is 0.175. The predicted molar refractivity (Wildman–Crippen MR) is 115 cm³/mol. The molecule has 2 unspecified atom stereocenters. The van der Waals surface area contributed by atoms with Crippen molar-refractivity contribution in [3.05, 3.63) is 52.6 Å². The van der Waals surface area contributed by atoms with E-state index >= 15 is 0 Å². The third-order valence-electron chi connectivity index (χ3n) is 5.46. The molecule has 2 aromatic carbocycles. The monoisotopic (exact) mass is 414 g/mol. The number of hydrogen-bond donors (Lipinski definition) is 4. The molecular weight excluding hydrogens is 384 g/mol. The van der Waals surface area contributed by atoms with Crippen LogP contribution in [0.4, 0.5) is 10.5 Å². The minimum atomic E-state index is -0.799. The molecular formula is C23H30N2O5. The van der Waals surface area contributed by atoms with Crippen LogP contribution in [0, 0.1) is 0 Å². The molecule has 0 aliphatic heterocycles. The van der Waals surface area contributed by atoms with Crippen LogP contribution in [0.5, 0.6) is 11.5 Å². The fourth-order valence-corrected chi connectivity index (χ4v) is 3.77. The van der Waals surface area contributed by atoms with E-state index in [0.717, 1.165) is 16.7 Å². The second-order valence-electron chi connectivity index (χ2n) is 8.54. The zero-order valence-electron chi connectivity index (χ0n) is 18.1. The number of rotatable bonds is 5. The number of hydrogen-bond acceptors (Lipinski definition) is 5. The molecule has 0 heterocycles. The minimum Gasteiger partial charge on any atom is -0.497 e. The van der Waals surface area contributed by atoms with Gasteiger partial charge in [-0.15, -0.1) is 0 Å². The van der Waals surface area contributed by atoms with Crippen molar-refractivity contribution in [1.29, 1.82) is 0 Å².